The van der Waals surface area contributed by atoms with Crippen molar-refractivity contribution in [1.82, 2.24) is 4.57 Å². The van der Waals surface area contributed by atoms with Crippen LogP contribution in [0.2, 0.25) is 0 Å². The lowest BCUT2D eigenvalue weighted by atomic mass is 9.67. The van der Waals surface area contributed by atoms with Crippen LogP contribution in [0.25, 0.3) is 54.8 Å². The first-order chi connectivity index (χ1) is 29.3. The predicted molar refractivity (Wildman–Crippen MR) is 254 cm³/mol. The Labute approximate surface area is 352 Å². The van der Waals surface area contributed by atoms with Crippen molar-refractivity contribution >= 4 is 49.6 Å². The number of para-hydroxylation sites is 1. The van der Waals surface area contributed by atoms with Crippen LogP contribution in [0.15, 0.2) is 206 Å². The Morgan fingerprint density at radius 3 is 1.77 bits per heavy atom. The van der Waals surface area contributed by atoms with Gasteiger partial charge in [0.25, 0.3) is 0 Å². The molecule has 2 heteroatoms. The molecule has 0 fully saturated rings. The number of fused-ring (bicyclic) bond motifs is 7. The molecule has 0 saturated heterocycles. The van der Waals surface area contributed by atoms with Gasteiger partial charge in [0, 0.05) is 38.9 Å². The Morgan fingerprint density at radius 1 is 0.433 bits per heavy atom. The number of nitrogens with zero attached hydrogens (tertiary/aromatic N) is 2. The van der Waals surface area contributed by atoms with E-state index in [1.807, 2.05) is 0 Å². The summed E-state index contributed by atoms with van der Waals surface area (Å²) in [4.78, 5) is 2.49. The van der Waals surface area contributed by atoms with Gasteiger partial charge in [-0.15, -0.1) is 0 Å². The molecule has 60 heavy (non-hydrogen) atoms. The number of hydrogen-bond acceptors (Lipinski definition) is 1. The summed E-state index contributed by atoms with van der Waals surface area (Å²) in [6.07, 6.45) is 0. The summed E-state index contributed by atoms with van der Waals surface area (Å²) < 4.78 is 2.52. The van der Waals surface area contributed by atoms with Crippen LogP contribution in [0.5, 0.6) is 0 Å². The van der Waals surface area contributed by atoms with Gasteiger partial charge in [-0.3, -0.25) is 0 Å². The van der Waals surface area contributed by atoms with Crippen molar-refractivity contribution < 1.29 is 0 Å². The fourth-order valence-corrected chi connectivity index (χ4v) is 10.4. The highest BCUT2D eigenvalue weighted by molar-refractivity contribution is 6.10. The molecule has 1 aliphatic rings. The van der Waals surface area contributed by atoms with E-state index < -0.39 is 5.41 Å². The standard InChI is InChI=1S/C58H46N2/c1-39-18-16-28-52-56(39)50-35-33-45(37-53(50)58(52,42-22-10-6-11-23-42)43-24-12-7-13-25-43)59(44-31-30-41-21-17-27-47(51(41)36-44)40-19-8-5-9-20-40)46-32-34-49-48-26-14-15-29-54(48)60(55(49)38-46)57(2,3)4/h5-38H,1-4H3. The third-order valence-electron chi connectivity index (χ3n) is 12.8. The van der Waals surface area contributed by atoms with Crippen LogP contribution in [0.3, 0.4) is 0 Å². The Morgan fingerprint density at radius 2 is 1.03 bits per heavy atom. The summed E-state index contributed by atoms with van der Waals surface area (Å²) in [5.74, 6) is 0. The highest BCUT2D eigenvalue weighted by atomic mass is 15.1. The topological polar surface area (TPSA) is 8.17 Å². The normalized spacial score (nSPS) is 13.1. The molecule has 0 unspecified atom stereocenters. The summed E-state index contributed by atoms with van der Waals surface area (Å²) in [5, 5.41) is 4.99. The minimum Gasteiger partial charge on any atom is -0.335 e. The van der Waals surface area contributed by atoms with E-state index in [4.69, 9.17) is 0 Å². The molecule has 2 nitrogen and oxygen atoms in total. The Kier molecular flexibility index (Phi) is 8.22. The number of benzene rings is 9. The molecular weight excluding hydrogens is 725 g/mol. The van der Waals surface area contributed by atoms with Gasteiger partial charge in [0.1, 0.15) is 0 Å². The molecule has 1 heterocycles. The Balaban J connectivity index is 1.22. The van der Waals surface area contributed by atoms with Gasteiger partial charge in [0.15, 0.2) is 0 Å². The quantitative estimate of drug-likeness (QED) is 0.163. The fourth-order valence-electron chi connectivity index (χ4n) is 10.4. The van der Waals surface area contributed by atoms with Crippen molar-refractivity contribution in [3.63, 3.8) is 0 Å². The molecule has 0 saturated carbocycles. The smallest absolute Gasteiger partial charge is 0.0714 e. The predicted octanol–water partition coefficient (Wildman–Crippen LogP) is 15.5. The third-order valence-corrected chi connectivity index (χ3v) is 12.8. The zero-order valence-corrected chi connectivity index (χ0v) is 34.5. The average Bonchev–Trinajstić information content (AvgIpc) is 3.78. The molecule has 0 radical (unpaired) electrons. The second-order valence-electron chi connectivity index (χ2n) is 17.3. The lowest BCUT2D eigenvalue weighted by Gasteiger charge is -2.35. The van der Waals surface area contributed by atoms with Crippen molar-refractivity contribution in [1.29, 1.82) is 0 Å². The molecule has 9 aromatic carbocycles. The van der Waals surface area contributed by atoms with Crippen LogP contribution in [0, 0.1) is 6.92 Å². The molecule has 0 bridgehead atoms. The van der Waals surface area contributed by atoms with Gasteiger partial charge in [-0.2, -0.15) is 0 Å². The highest BCUT2D eigenvalue weighted by Gasteiger charge is 2.47. The third kappa shape index (κ3) is 5.41. The van der Waals surface area contributed by atoms with E-state index in [9.17, 15) is 0 Å². The van der Waals surface area contributed by atoms with E-state index in [2.05, 4.69) is 243 Å². The zero-order chi connectivity index (χ0) is 40.6. The molecule has 288 valence electrons. The fraction of sp³-hybridized carbons (Fsp3) is 0.103. The van der Waals surface area contributed by atoms with Crippen LogP contribution < -0.4 is 4.90 Å². The molecule has 0 spiro atoms. The largest absolute Gasteiger partial charge is 0.335 e. The van der Waals surface area contributed by atoms with Crippen molar-refractivity contribution in [3.8, 4) is 22.3 Å². The number of rotatable bonds is 6. The lowest BCUT2D eigenvalue weighted by molar-refractivity contribution is 0.423. The van der Waals surface area contributed by atoms with Gasteiger partial charge in [-0.05, 0) is 131 Å². The second-order valence-corrected chi connectivity index (χ2v) is 17.3. The van der Waals surface area contributed by atoms with Gasteiger partial charge in [-0.1, -0.05) is 164 Å². The maximum atomic E-state index is 2.52. The maximum absolute atomic E-state index is 2.52. The van der Waals surface area contributed by atoms with Crippen LogP contribution >= 0.6 is 0 Å². The lowest BCUT2D eigenvalue weighted by Crippen LogP contribution is -2.28. The molecule has 0 aliphatic heterocycles. The van der Waals surface area contributed by atoms with E-state index in [-0.39, 0.29) is 5.54 Å². The molecular formula is C58H46N2. The van der Waals surface area contributed by atoms with E-state index in [0.717, 1.165) is 17.1 Å². The van der Waals surface area contributed by atoms with E-state index in [1.165, 1.54) is 82.6 Å². The van der Waals surface area contributed by atoms with Gasteiger partial charge >= 0.3 is 0 Å². The molecule has 0 N–H and O–H groups in total. The monoisotopic (exact) mass is 770 g/mol. The van der Waals surface area contributed by atoms with E-state index in [0.29, 0.717) is 0 Å². The van der Waals surface area contributed by atoms with Gasteiger partial charge < -0.3 is 9.47 Å². The number of aryl methyl sites for hydroxylation is 1. The highest BCUT2D eigenvalue weighted by Crippen LogP contribution is 2.58. The van der Waals surface area contributed by atoms with Crippen molar-refractivity contribution in [2.45, 2.75) is 38.6 Å². The molecule has 0 atom stereocenters. The molecule has 1 aromatic heterocycles. The summed E-state index contributed by atoms with van der Waals surface area (Å²) in [7, 11) is 0. The van der Waals surface area contributed by atoms with Gasteiger partial charge in [0.2, 0.25) is 0 Å². The first-order valence-corrected chi connectivity index (χ1v) is 21.1. The van der Waals surface area contributed by atoms with Crippen LogP contribution in [0.1, 0.15) is 48.6 Å². The number of aromatic nitrogens is 1. The van der Waals surface area contributed by atoms with E-state index >= 15 is 0 Å². The summed E-state index contributed by atoms with van der Waals surface area (Å²) in [6, 6.07) is 76.7. The minimum absolute atomic E-state index is 0.138. The maximum Gasteiger partial charge on any atom is 0.0714 e. The van der Waals surface area contributed by atoms with Gasteiger partial charge in [-0.25, -0.2) is 0 Å². The SMILES string of the molecule is Cc1cccc2c1-c1ccc(N(c3ccc4cccc(-c5ccccc5)c4c3)c3ccc4c5ccccc5n(C(C)(C)C)c4c3)cc1C2(c1ccccc1)c1ccccc1. The molecule has 0 amide bonds. The number of hydrogen-bond donors (Lipinski definition) is 0. The first-order valence-electron chi connectivity index (χ1n) is 21.1. The van der Waals surface area contributed by atoms with Crippen molar-refractivity contribution in [3.05, 3.63) is 234 Å². The van der Waals surface area contributed by atoms with Crippen LogP contribution in [-0.2, 0) is 11.0 Å². The van der Waals surface area contributed by atoms with Crippen LogP contribution in [-0.4, -0.2) is 4.57 Å². The second kappa shape index (κ2) is 13.7. The molecule has 11 rings (SSSR count). The van der Waals surface area contributed by atoms with Crippen LogP contribution in [0.4, 0.5) is 17.1 Å². The van der Waals surface area contributed by atoms with Gasteiger partial charge in [0.05, 0.1) is 10.9 Å². The van der Waals surface area contributed by atoms with E-state index in [1.54, 1.807) is 0 Å². The zero-order valence-electron chi connectivity index (χ0n) is 34.5. The summed E-state index contributed by atoms with van der Waals surface area (Å²) >= 11 is 0. The Hall–Kier alpha value is -7.16. The summed E-state index contributed by atoms with van der Waals surface area (Å²) in [6.45, 7) is 9.19. The summed E-state index contributed by atoms with van der Waals surface area (Å²) in [5.41, 5.74) is 16.6. The molecule has 1 aliphatic carbocycles. The Bertz CT molecular complexity index is 3200. The first kappa shape index (κ1) is 36.0. The van der Waals surface area contributed by atoms with Crippen molar-refractivity contribution in [2.24, 2.45) is 0 Å². The molecule has 10 aromatic rings. The minimum atomic E-state index is -0.520. The van der Waals surface area contributed by atoms with Crippen molar-refractivity contribution in [2.75, 3.05) is 4.90 Å². The number of anilines is 3. The average molecular weight is 771 g/mol.